The van der Waals surface area contributed by atoms with E-state index in [-0.39, 0.29) is 31.4 Å². The fraction of sp³-hybridized carbons (Fsp3) is 0.250. The second-order valence-electron chi connectivity index (χ2n) is 6.79. The van der Waals surface area contributed by atoms with Gasteiger partial charge in [-0.1, -0.05) is 48.5 Å². The molecule has 0 aliphatic rings. The van der Waals surface area contributed by atoms with Gasteiger partial charge in [-0.15, -0.1) is 0 Å². The summed E-state index contributed by atoms with van der Waals surface area (Å²) in [5.41, 5.74) is 1.81. The van der Waals surface area contributed by atoms with Crippen molar-refractivity contribution >= 4 is 5.69 Å². The predicted octanol–water partition coefficient (Wildman–Crippen LogP) is 4.92. The molecule has 8 heteroatoms. The van der Waals surface area contributed by atoms with Gasteiger partial charge in [0, 0.05) is 13.2 Å². The lowest BCUT2D eigenvalue weighted by molar-refractivity contribution is -0.385. The number of rotatable bonds is 12. The SMILES string of the molecule is COCOc1c(OCCOc2ccccc2[N+](=O)[O-])ccc(C)c1OCc1ccccc1. The number of nitrogens with zero attached hydrogens (tertiary/aromatic N) is 1. The molecule has 32 heavy (non-hydrogen) atoms. The second kappa shape index (κ2) is 11.6. The second-order valence-corrected chi connectivity index (χ2v) is 6.79. The van der Waals surface area contributed by atoms with Crippen LogP contribution in [0.15, 0.2) is 66.7 Å². The maximum Gasteiger partial charge on any atom is 0.310 e. The third-order valence-corrected chi connectivity index (χ3v) is 4.48. The lowest BCUT2D eigenvalue weighted by Crippen LogP contribution is -2.12. The van der Waals surface area contributed by atoms with Gasteiger partial charge in [-0.2, -0.15) is 0 Å². The number of benzene rings is 3. The Labute approximate surface area is 186 Å². The third kappa shape index (κ3) is 6.12. The summed E-state index contributed by atoms with van der Waals surface area (Å²) in [5, 5.41) is 11.1. The van der Waals surface area contributed by atoms with Crippen molar-refractivity contribution in [2.75, 3.05) is 27.1 Å². The fourth-order valence-corrected chi connectivity index (χ4v) is 2.95. The molecule has 3 aromatic rings. The minimum Gasteiger partial charge on any atom is -0.486 e. The molecule has 168 valence electrons. The third-order valence-electron chi connectivity index (χ3n) is 4.48. The lowest BCUT2D eigenvalue weighted by atomic mass is 10.2. The smallest absolute Gasteiger partial charge is 0.310 e. The summed E-state index contributed by atoms with van der Waals surface area (Å²) < 4.78 is 28.2. The summed E-state index contributed by atoms with van der Waals surface area (Å²) in [7, 11) is 1.53. The van der Waals surface area contributed by atoms with E-state index in [1.165, 1.54) is 13.2 Å². The van der Waals surface area contributed by atoms with Crippen LogP contribution in [-0.2, 0) is 11.3 Å². The molecule has 0 saturated carbocycles. The molecule has 0 radical (unpaired) electrons. The van der Waals surface area contributed by atoms with Crippen LogP contribution in [0.2, 0.25) is 0 Å². The minimum absolute atomic E-state index is 0.0220. The van der Waals surface area contributed by atoms with Crippen molar-refractivity contribution in [3.8, 4) is 23.0 Å². The lowest BCUT2D eigenvalue weighted by Gasteiger charge is -2.18. The summed E-state index contributed by atoms with van der Waals surface area (Å²) in [4.78, 5) is 10.6. The molecule has 0 aromatic heterocycles. The Bertz CT molecular complexity index is 1020. The van der Waals surface area contributed by atoms with Crippen LogP contribution in [0, 0.1) is 17.0 Å². The number of nitro groups is 1. The van der Waals surface area contributed by atoms with Crippen molar-refractivity contribution in [2.45, 2.75) is 13.5 Å². The Morgan fingerprint density at radius 3 is 2.19 bits per heavy atom. The Morgan fingerprint density at radius 1 is 0.781 bits per heavy atom. The standard InChI is InChI=1S/C24H25NO7/c1-18-12-13-22(30-15-14-29-21-11-7-6-10-20(21)25(26)27)24(32-17-28-2)23(18)31-16-19-8-4-3-5-9-19/h3-13H,14-17H2,1-2H3. The number of hydrogen-bond donors (Lipinski definition) is 0. The van der Waals surface area contributed by atoms with Crippen molar-refractivity contribution in [1.29, 1.82) is 0 Å². The summed E-state index contributed by atoms with van der Waals surface area (Å²) in [6, 6.07) is 19.7. The van der Waals surface area contributed by atoms with Crippen LogP contribution >= 0.6 is 0 Å². The summed E-state index contributed by atoms with van der Waals surface area (Å²) in [6.45, 7) is 2.57. The number of hydrogen-bond acceptors (Lipinski definition) is 7. The molecule has 3 aromatic carbocycles. The minimum atomic E-state index is -0.483. The molecule has 0 fully saturated rings. The normalized spacial score (nSPS) is 10.4. The maximum atomic E-state index is 11.1. The first kappa shape index (κ1) is 22.9. The van der Waals surface area contributed by atoms with E-state index in [1.807, 2.05) is 43.3 Å². The van der Waals surface area contributed by atoms with Gasteiger partial charge in [-0.25, -0.2) is 0 Å². The van der Waals surface area contributed by atoms with Gasteiger partial charge < -0.3 is 23.7 Å². The van der Waals surface area contributed by atoms with Crippen molar-refractivity contribution in [3.63, 3.8) is 0 Å². The first-order valence-electron chi connectivity index (χ1n) is 10.0. The van der Waals surface area contributed by atoms with Gasteiger partial charge in [-0.05, 0) is 30.2 Å². The zero-order valence-corrected chi connectivity index (χ0v) is 18.0. The zero-order chi connectivity index (χ0) is 22.8. The van der Waals surface area contributed by atoms with E-state index in [2.05, 4.69) is 0 Å². The zero-order valence-electron chi connectivity index (χ0n) is 18.0. The van der Waals surface area contributed by atoms with E-state index in [0.29, 0.717) is 23.9 Å². The molecule has 0 unspecified atom stereocenters. The van der Waals surface area contributed by atoms with Crippen molar-refractivity contribution < 1.29 is 28.6 Å². The van der Waals surface area contributed by atoms with E-state index >= 15 is 0 Å². The van der Waals surface area contributed by atoms with Gasteiger partial charge in [-0.3, -0.25) is 10.1 Å². The number of methoxy groups -OCH3 is 1. The van der Waals surface area contributed by atoms with Crippen LogP contribution in [0.5, 0.6) is 23.0 Å². The highest BCUT2D eigenvalue weighted by molar-refractivity contribution is 5.55. The first-order chi connectivity index (χ1) is 15.6. The molecule has 3 rings (SSSR count). The molecule has 0 heterocycles. The van der Waals surface area contributed by atoms with Gasteiger partial charge in [0.1, 0.15) is 19.8 Å². The van der Waals surface area contributed by atoms with Crippen molar-refractivity contribution in [2.24, 2.45) is 0 Å². The van der Waals surface area contributed by atoms with Gasteiger partial charge in [0.2, 0.25) is 5.75 Å². The highest BCUT2D eigenvalue weighted by Gasteiger charge is 2.17. The van der Waals surface area contributed by atoms with E-state index < -0.39 is 4.92 Å². The summed E-state index contributed by atoms with van der Waals surface area (Å²) in [6.07, 6.45) is 0. The summed E-state index contributed by atoms with van der Waals surface area (Å²) >= 11 is 0. The van der Waals surface area contributed by atoms with Crippen LogP contribution in [0.4, 0.5) is 5.69 Å². The fourth-order valence-electron chi connectivity index (χ4n) is 2.95. The molecular weight excluding hydrogens is 414 g/mol. The van der Waals surface area contributed by atoms with Crippen molar-refractivity contribution in [1.82, 2.24) is 0 Å². The Morgan fingerprint density at radius 2 is 1.47 bits per heavy atom. The van der Waals surface area contributed by atoms with E-state index in [1.54, 1.807) is 24.3 Å². The predicted molar refractivity (Wildman–Crippen MR) is 119 cm³/mol. The molecule has 0 aliphatic carbocycles. The number of ether oxygens (including phenoxy) is 5. The molecule has 0 aliphatic heterocycles. The Hall–Kier alpha value is -3.78. The average Bonchev–Trinajstić information content (AvgIpc) is 2.81. The van der Waals surface area contributed by atoms with Gasteiger partial charge in [0.15, 0.2) is 24.0 Å². The quantitative estimate of drug-likeness (QED) is 0.171. The van der Waals surface area contributed by atoms with E-state index in [9.17, 15) is 10.1 Å². The van der Waals surface area contributed by atoms with Crippen molar-refractivity contribution in [3.05, 3.63) is 88.0 Å². The van der Waals surface area contributed by atoms with Crippen LogP contribution in [0.1, 0.15) is 11.1 Å². The molecule has 0 atom stereocenters. The molecular formula is C24H25NO7. The molecule has 8 nitrogen and oxygen atoms in total. The Balaban J connectivity index is 1.69. The monoisotopic (exact) mass is 439 g/mol. The Kier molecular flexibility index (Phi) is 8.28. The van der Waals surface area contributed by atoms with Crippen LogP contribution in [-0.4, -0.2) is 32.0 Å². The number of aryl methyl sites for hydroxylation is 1. The number of nitro benzene ring substituents is 1. The largest absolute Gasteiger partial charge is 0.486 e. The topological polar surface area (TPSA) is 89.3 Å². The van der Waals surface area contributed by atoms with Crippen LogP contribution < -0.4 is 18.9 Å². The van der Waals surface area contributed by atoms with Gasteiger partial charge in [0.05, 0.1) is 4.92 Å². The highest BCUT2D eigenvalue weighted by atomic mass is 16.7. The van der Waals surface area contributed by atoms with Gasteiger partial charge in [0.25, 0.3) is 0 Å². The van der Waals surface area contributed by atoms with Gasteiger partial charge >= 0.3 is 5.69 Å². The molecule has 0 bridgehead atoms. The maximum absolute atomic E-state index is 11.1. The average molecular weight is 439 g/mol. The summed E-state index contributed by atoms with van der Waals surface area (Å²) in [5.74, 6) is 1.63. The highest BCUT2D eigenvalue weighted by Crippen LogP contribution is 2.40. The van der Waals surface area contributed by atoms with E-state index in [0.717, 1.165) is 11.1 Å². The molecule has 0 spiro atoms. The van der Waals surface area contributed by atoms with E-state index in [4.69, 9.17) is 23.7 Å². The first-order valence-corrected chi connectivity index (χ1v) is 10.0. The van der Waals surface area contributed by atoms with Crippen LogP contribution in [0.3, 0.4) is 0 Å². The van der Waals surface area contributed by atoms with Crippen LogP contribution in [0.25, 0.3) is 0 Å². The molecule has 0 N–H and O–H groups in total. The number of para-hydroxylation sites is 2. The molecule has 0 saturated heterocycles. The molecule has 0 amide bonds.